The van der Waals surface area contributed by atoms with Crippen molar-refractivity contribution in [3.8, 4) is 17.2 Å². The van der Waals surface area contributed by atoms with Gasteiger partial charge in [0.05, 0.1) is 12.7 Å². The van der Waals surface area contributed by atoms with E-state index in [1.807, 2.05) is 86.6 Å². The van der Waals surface area contributed by atoms with Crippen LogP contribution in [0.5, 0.6) is 17.2 Å². The number of hydrogen-bond donors (Lipinski definition) is 2. The fourth-order valence-corrected chi connectivity index (χ4v) is 4.69. The smallest absolute Gasteiger partial charge is 0.161 e. The van der Waals surface area contributed by atoms with E-state index in [9.17, 15) is 33.6 Å². The number of benzene rings is 5. The Morgan fingerprint density at radius 3 is 1.46 bits per heavy atom. The van der Waals surface area contributed by atoms with Crippen LogP contribution in [0.15, 0.2) is 139 Å². The molecule has 0 aromatic heterocycles. The summed E-state index contributed by atoms with van der Waals surface area (Å²) in [5.74, 6) is 2.00. The Bertz CT molecular complexity index is 2050. The number of para-hydroxylation sites is 1. The second-order valence-corrected chi connectivity index (χ2v) is 15.2. The van der Waals surface area contributed by atoms with Crippen molar-refractivity contribution in [2.45, 2.75) is 86.5 Å². The predicted molar refractivity (Wildman–Crippen MR) is 262 cm³/mol. The van der Waals surface area contributed by atoms with Gasteiger partial charge in [0.1, 0.15) is 43.5 Å². The van der Waals surface area contributed by atoms with Crippen molar-refractivity contribution >= 4 is 44.0 Å². The molecule has 348 valence electrons. The van der Waals surface area contributed by atoms with Crippen molar-refractivity contribution in [1.82, 2.24) is 0 Å². The minimum absolute atomic E-state index is 0.0347. The topological polar surface area (TPSA) is 169 Å². The first-order valence-electron chi connectivity index (χ1n) is 21.2. The van der Waals surface area contributed by atoms with Gasteiger partial charge in [-0.05, 0) is 85.9 Å². The summed E-state index contributed by atoms with van der Waals surface area (Å²) in [6, 6.07) is 37.3. The molecule has 5 aromatic rings. The lowest BCUT2D eigenvalue weighted by molar-refractivity contribution is -0.109. The number of allylic oxidation sites excluding steroid dienone is 2. The highest BCUT2D eigenvalue weighted by atomic mass is 16.5. The van der Waals surface area contributed by atoms with Crippen LogP contribution in [-0.2, 0) is 20.8 Å². The van der Waals surface area contributed by atoms with Crippen molar-refractivity contribution < 1.29 is 48.5 Å². The van der Waals surface area contributed by atoms with Crippen LogP contribution in [0.3, 0.4) is 0 Å². The molecular weight excluding hydrogens is 821 g/mol. The SMILES string of the molecule is CC(C)=CCCC(C)CC=O.CC(C)CC=O.CC(C)c1ccc(C=O)cc1.COc1cc(C=O)ccc1O.O=CCc1ccccc1.O=Cc1ccccc1.O=Cc1ccccc1O. The minimum Gasteiger partial charge on any atom is -0.507 e. The van der Waals surface area contributed by atoms with Crippen molar-refractivity contribution in [2.75, 3.05) is 7.11 Å². The minimum atomic E-state index is 0.0347. The summed E-state index contributed by atoms with van der Waals surface area (Å²) in [7, 11) is 1.43. The van der Waals surface area contributed by atoms with Crippen molar-refractivity contribution in [3.05, 3.63) is 172 Å². The first kappa shape index (κ1) is 60.0. The summed E-state index contributed by atoms with van der Waals surface area (Å²) >= 11 is 0. The Kier molecular flexibility index (Phi) is 36.7. The molecule has 0 heterocycles. The van der Waals surface area contributed by atoms with E-state index in [0.29, 0.717) is 66.5 Å². The molecule has 10 heteroatoms. The monoisotopic (exact) mass is 888 g/mol. The Labute approximate surface area is 386 Å². The zero-order valence-corrected chi connectivity index (χ0v) is 39.2. The van der Waals surface area contributed by atoms with Gasteiger partial charge in [0.2, 0.25) is 0 Å². The molecule has 0 saturated carbocycles. The summed E-state index contributed by atoms with van der Waals surface area (Å²) in [4.78, 5) is 70.3. The van der Waals surface area contributed by atoms with Crippen LogP contribution < -0.4 is 4.74 Å². The third-order valence-electron chi connectivity index (χ3n) is 8.52. The number of phenols is 2. The average molecular weight is 889 g/mol. The Balaban J connectivity index is 0. The maximum atomic E-state index is 10.3. The number of methoxy groups -OCH3 is 1. The maximum absolute atomic E-state index is 10.3. The Morgan fingerprint density at radius 2 is 1.06 bits per heavy atom. The number of carbonyl (C=O) groups is 7. The van der Waals surface area contributed by atoms with Gasteiger partial charge >= 0.3 is 0 Å². The molecule has 0 radical (unpaired) electrons. The van der Waals surface area contributed by atoms with Gasteiger partial charge in [-0.3, -0.25) is 19.2 Å². The van der Waals surface area contributed by atoms with Gasteiger partial charge in [-0.25, -0.2) is 0 Å². The first-order valence-corrected chi connectivity index (χ1v) is 21.2. The molecule has 5 rings (SSSR count). The summed E-state index contributed by atoms with van der Waals surface area (Å²) in [5, 5.41) is 18.0. The molecular formula is C55H68O10. The van der Waals surface area contributed by atoms with Crippen molar-refractivity contribution in [3.63, 3.8) is 0 Å². The summed E-state index contributed by atoms with van der Waals surface area (Å²) in [5.41, 5.74) is 6.01. The Hall–Kier alpha value is -7.07. The molecule has 10 nitrogen and oxygen atoms in total. The normalized spacial score (nSPS) is 9.69. The van der Waals surface area contributed by atoms with Crippen LogP contribution in [0.1, 0.15) is 133 Å². The second kappa shape index (κ2) is 39.8. The van der Waals surface area contributed by atoms with Crippen LogP contribution in [0.2, 0.25) is 0 Å². The summed E-state index contributed by atoms with van der Waals surface area (Å²) < 4.78 is 4.78. The van der Waals surface area contributed by atoms with Crippen LogP contribution in [0.25, 0.3) is 0 Å². The number of ether oxygens (including phenoxy) is 1. The van der Waals surface area contributed by atoms with E-state index in [-0.39, 0.29) is 11.5 Å². The number of carbonyl (C=O) groups excluding carboxylic acids is 7. The van der Waals surface area contributed by atoms with E-state index in [2.05, 4.69) is 40.7 Å². The summed E-state index contributed by atoms with van der Waals surface area (Å²) in [6.45, 7) is 14.6. The van der Waals surface area contributed by atoms with E-state index in [4.69, 9.17) is 14.9 Å². The Morgan fingerprint density at radius 1 is 0.554 bits per heavy atom. The number of phenolic OH excluding ortho intramolecular Hbond substituents is 2. The highest BCUT2D eigenvalue weighted by molar-refractivity contribution is 5.79. The van der Waals surface area contributed by atoms with Gasteiger partial charge in [-0.2, -0.15) is 0 Å². The van der Waals surface area contributed by atoms with E-state index in [0.717, 1.165) is 61.0 Å². The maximum Gasteiger partial charge on any atom is 0.161 e. The quantitative estimate of drug-likeness (QED) is 0.0762. The predicted octanol–water partition coefficient (Wildman–Crippen LogP) is 12.2. The zero-order valence-electron chi connectivity index (χ0n) is 39.2. The number of rotatable bonds is 15. The molecule has 1 unspecified atom stereocenters. The first-order chi connectivity index (χ1) is 31.2. The molecule has 2 N–H and O–H groups in total. The summed E-state index contributed by atoms with van der Waals surface area (Å²) in [6.07, 6.45) is 12.3. The molecule has 0 saturated heterocycles. The molecule has 0 amide bonds. The fourth-order valence-electron chi connectivity index (χ4n) is 4.69. The largest absolute Gasteiger partial charge is 0.507 e. The third kappa shape index (κ3) is 33.2. The average Bonchev–Trinajstić information content (AvgIpc) is 3.31. The van der Waals surface area contributed by atoms with Gasteiger partial charge in [-0.15, -0.1) is 0 Å². The van der Waals surface area contributed by atoms with Crippen LogP contribution in [-0.4, -0.2) is 61.3 Å². The molecule has 1 atom stereocenters. The lowest BCUT2D eigenvalue weighted by Gasteiger charge is -2.03. The highest BCUT2D eigenvalue weighted by Gasteiger charge is 2.01. The van der Waals surface area contributed by atoms with Gasteiger partial charge in [0.25, 0.3) is 0 Å². The molecule has 0 aliphatic rings. The van der Waals surface area contributed by atoms with E-state index < -0.39 is 0 Å². The van der Waals surface area contributed by atoms with Gasteiger partial charge < -0.3 is 29.3 Å². The van der Waals surface area contributed by atoms with E-state index in [1.54, 1.807) is 30.3 Å². The van der Waals surface area contributed by atoms with E-state index in [1.165, 1.54) is 42.5 Å². The van der Waals surface area contributed by atoms with Gasteiger partial charge in [-0.1, -0.05) is 143 Å². The van der Waals surface area contributed by atoms with Gasteiger partial charge in [0.15, 0.2) is 17.8 Å². The molecule has 65 heavy (non-hydrogen) atoms. The van der Waals surface area contributed by atoms with Crippen LogP contribution in [0, 0.1) is 11.8 Å². The lowest BCUT2D eigenvalue weighted by atomic mass is 10.0. The molecule has 0 aliphatic carbocycles. The standard InChI is InChI=1S/C10H12O.C10H18O.C8H8O3.C8H8O.C7H6O2.C7H6O.C5H10O/c1-8(2)10-5-3-9(7-11)4-6-10;1-9(2)5-4-6-10(3)7-8-11;1-11-8-4-6(5-9)2-3-7(8)10;9-7-6-8-4-2-1-3-5-8;8-5-6-3-1-2-4-7(6)9;8-6-7-4-2-1-3-5-7;1-5(2)3-4-6/h3-8H,1-2H3;5,8,10H,4,6-7H2,1-3H3;2-5,10H,1H3;1-5,7H,6H2;1-5,9H;1-6H;4-5H,3H2,1-2H3. The van der Waals surface area contributed by atoms with Crippen molar-refractivity contribution in [1.29, 1.82) is 0 Å². The number of aldehydes is 7. The molecule has 0 fully saturated rings. The zero-order chi connectivity index (χ0) is 49.3. The number of hydrogen-bond acceptors (Lipinski definition) is 10. The number of aromatic hydroxyl groups is 2. The third-order valence-corrected chi connectivity index (χ3v) is 8.52. The van der Waals surface area contributed by atoms with Gasteiger partial charge in [0, 0.05) is 36.0 Å². The van der Waals surface area contributed by atoms with Crippen LogP contribution in [0.4, 0.5) is 0 Å². The van der Waals surface area contributed by atoms with E-state index >= 15 is 0 Å². The van der Waals surface area contributed by atoms with Crippen molar-refractivity contribution in [2.24, 2.45) is 11.8 Å². The second-order valence-electron chi connectivity index (χ2n) is 15.2. The molecule has 0 spiro atoms. The molecule has 0 aliphatic heterocycles. The van der Waals surface area contributed by atoms with Crippen LogP contribution >= 0.6 is 0 Å². The highest BCUT2D eigenvalue weighted by Crippen LogP contribution is 2.25. The molecule has 5 aromatic carbocycles. The lowest BCUT2D eigenvalue weighted by Crippen LogP contribution is -1.93. The molecule has 0 bridgehead atoms. The fraction of sp³-hybridized carbons (Fsp3) is 0.291.